The molecular weight excluding hydrogens is 398 g/mol. The van der Waals surface area contributed by atoms with Crippen molar-refractivity contribution in [1.29, 1.82) is 0 Å². The van der Waals surface area contributed by atoms with Gasteiger partial charge in [-0.3, -0.25) is 4.79 Å². The van der Waals surface area contributed by atoms with Gasteiger partial charge in [0.2, 0.25) is 5.91 Å². The average Bonchev–Trinajstić information content (AvgIpc) is 2.70. The fourth-order valence-electron chi connectivity index (χ4n) is 3.73. The van der Waals surface area contributed by atoms with Crippen molar-refractivity contribution in [3.05, 3.63) is 71.3 Å². The van der Waals surface area contributed by atoms with E-state index < -0.39 is 10.2 Å². The fraction of sp³-hybridized carbons (Fsp3) is 0.435. The molecular formula is C23H31N3O3S. The number of carbonyl (C=O) groups excluding carboxylic acids is 1. The SMILES string of the molecule is Cc1cccc(CN2CCCN(CC(=O)N[C@H](C)CCc3ccccc3)S2(=O)=O)c1. The first-order valence-corrected chi connectivity index (χ1v) is 11.9. The van der Waals surface area contributed by atoms with Crippen molar-refractivity contribution < 1.29 is 13.2 Å². The van der Waals surface area contributed by atoms with Gasteiger partial charge in [0.1, 0.15) is 0 Å². The highest BCUT2D eigenvalue weighted by molar-refractivity contribution is 7.86. The maximum absolute atomic E-state index is 13.0. The van der Waals surface area contributed by atoms with Crippen molar-refractivity contribution >= 4 is 16.1 Å². The summed E-state index contributed by atoms with van der Waals surface area (Å²) in [5, 5.41) is 2.94. The van der Waals surface area contributed by atoms with Crippen LogP contribution in [0.3, 0.4) is 0 Å². The minimum Gasteiger partial charge on any atom is -0.352 e. The Bertz CT molecular complexity index is 947. The van der Waals surface area contributed by atoms with Gasteiger partial charge in [-0.25, -0.2) is 0 Å². The number of nitrogens with one attached hydrogen (secondary N) is 1. The molecule has 0 spiro atoms. The quantitative estimate of drug-likeness (QED) is 0.702. The van der Waals surface area contributed by atoms with E-state index in [2.05, 4.69) is 17.4 Å². The van der Waals surface area contributed by atoms with Gasteiger partial charge in [0, 0.05) is 25.7 Å². The van der Waals surface area contributed by atoms with Crippen LogP contribution in [0.4, 0.5) is 0 Å². The Morgan fingerprint density at radius 2 is 1.73 bits per heavy atom. The van der Waals surface area contributed by atoms with E-state index in [9.17, 15) is 13.2 Å². The number of nitrogens with zero attached hydrogens (tertiary/aromatic N) is 2. The zero-order valence-corrected chi connectivity index (χ0v) is 18.6. The van der Waals surface area contributed by atoms with Gasteiger partial charge in [-0.05, 0) is 44.2 Å². The molecule has 1 fully saturated rings. The van der Waals surface area contributed by atoms with Crippen LogP contribution in [0.5, 0.6) is 0 Å². The smallest absolute Gasteiger partial charge is 0.282 e. The summed E-state index contributed by atoms with van der Waals surface area (Å²) in [6.45, 7) is 4.98. The van der Waals surface area contributed by atoms with Crippen LogP contribution in [0.1, 0.15) is 36.5 Å². The molecule has 2 aromatic rings. The van der Waals surface area contributed by atoms with Crippen molar-refractivity contribution in [2.75, 3.05) is 19.6 Å². The minimum absolute atomic E-state index is 0.0198. The Kier molecular flexibility index (Phi) is 7.64. The summed E-state index contributed by atoms with van der Waals surface area (Å²) in [5.41, 5.74) is 3.28. The Balaban J connectivity index is 1.53. The molecule has 1 aliphatic heterocycles. The van der Waals surface area contributed by atoms with E-state index in [1.807, 2.05) is 56.3 Å². The van der Waals surface area contributed by atoms with Crippen molar-refractivity contribution in [2.24, 2.45) is 0 Å². The summed E-state index contributed by atoms with van der Waals surface area (Å²) >= 11 is 0. The molecule has 3 rings (SSSR count). The maximum Gasteiger partial charge on any atom is 0.282 e. The minimum atomic E-state index is -3.66. The summed E-state index contributed by atoms with van der Waals surface area (Å²) in [5.74, 6) is -0.253. The lowest BCUT2D eigenvalue weighted by atomic mass is 10.1. The number of aryl methyl sites for hydroxylation is 2. The first-order chi connectivity index (χ1) is 14.3. The molecule has 30 heavy (non-hydrogen) atoms. The van der Waals surface area contributed by atoms with Gasteiger partial charge in [0.05, 0.1) is 6.54 Å². The summed E-state index contributed by atoms with van der Waals surface area (Å²) < 4.78 is 28.8. The maximum atomic E-state index is 13.0. The Morgan fingerprint density at radius 1 is 1.03 bits per heavy atom. The lowest BCUT2D eigenvalue weighted by Gasteiger charge is -2.34. The molecule has 1 amide bonds. The van der Waals surface area contributed by atoms with Crippen molar-refractivity contribution in [2.45, 2.75) is 45.7 Å². The molecule has 6 nitrogen and oxygen atoms in total. The average molecular weight is 430 g/mol. The fourth-order valence-corrected chi connectivity index (χ4v) is 5.37. The first-order valence-electron chi connectivity index (χ1n) is 10.5. The van der Waals surface area contributed by atoms with Gasteiger partial charge in [-0.15, -0.1) is 0 Å². The van der Waals surface area contributed by atoms with Crippen LogP contribution in [0.25, 0.3) is 0 Å². The third-order valence-corrected chi connectivity index (χ3v) is 7.27. The molecule has 0 unspecified atom stereocenters. The van der Waals surface area contributed by atoms with Crippen LogP contribution in [0, 0.1) is 6.92 Å². The standard InChI is InChI=1S/C23H31N3O3S/c1-19-8-6-11-22(16-19)17-25-14-7-15-26(30(25,28)29)18-23(27)24-20(2)12-13-21-9-4-3-5-10-21/h3-6,8-11,16,20H,7,12-15,17-18H2,1-2H3,(H,24,27)/t20-/m1/s1. The number of benzene rings is 2. The monoisotopic (exact) mass is 429 g/mol. The Hall–Kier alpha value is -2.22. The van der Waals surface area contributed by atoms with Crippen LogP contribution < -0.4 is 5.32 Å². The van der Waals surface area contributed by atoms with E-state index in [4.69, 9.17) is 0 Å². The third kappa shape index (κ3) is 6.14. The summed E-state index contributed by atoms with van der Waals surface area (Å²) in [7, 11) is -3.66. The topological polar surface area (TPSA) is 69.7 Å². The highest BCUT2D eigenvalue weighted by atomic mass is 32.2. The van der Waals surface area contributed by atoms with E-state index >= 15 is 0 Å². The van der Waals surface area contributed by atoms with Gasteiger partial charge in [0.15, 0.2) is 0 Å². The highest BCUT2D eigenvalue weighted by Crippen LogP contribution is 2.19. The lowest BCUT2D eigenvalue weighted by molar-refractivity contribution is -0.122. The van der Waals surface area contributed by atoms with E-state index in [-0.39, 0.29) is 18.5 Å². The normalized spacial score (nSPS) is 18.1. The van der Waals surface area contributed by atoms with Gasteiger partial charge in [-0.1, -0.05) is 60.2 Å². The molecule has 0 aromatic heterocycles. The molecule has 1 heterocycles. The number of carbonyl (C=O) groups is 1. The second kappa shape index (κ2) is 10.2. The molecule has 162 valence electrons. The predicted octanol–water partition coefficient (Wildman–Crippen LogP) is 2.89. The molecule has 1 N–H and O–H groups in total. The van der Waals surface area contributed by atoms with Gasteiger partial charge in [-0.2, -0.15) is 17.0 Å². The van der Waals surface area contributed by atoms with Gasteiger partial charge < -0.3 is 5.32 Å². The van der Waals surface area contributed by atoms with Gasteiger partial charge in [0.25, 0.3) is 10.2 Å². The van der Waals surface area contributed by atoms with Crippen LogP contribution in [0.15, 0.2) is 54.6 Å². The summed E-state index contributed by atoms with van der Waals surface area (Å²) in [4.78, 5) is 12.5. The number of amides is 1. The first kappa shape index (κ1) is 22.5. The van der Waals surface area contributed by atoms with Crippen LogP contribution >= 0.6 is 0 Å². The molecule has 7 heteroatoms. The summed E-state index contributed by atoms with van der Waals surface area (Å²) in [6, 6.07) is 18.0. The van der Waals surface area contributed by atoms with Crippen molar-refractivity contribution in [3.63, 3.8) is 0 Å². The second-order valence-corrected chi connectivity index (χ2v) is 9.94. The van der Waals surface area contributed by atoms with Crippen LogP contribution in [0.2, 0.25) is 0 Å². The predicted molar refractivity (Wildman–Crippen MR) is 119 cm³/mol. The Morgan fingerprint density at radius 3 is 2.47 bits per heavy atom. The van der Waals surface area contributed by atoms with Crippen molar-refractivity contribution in [1.82, 2.24) is 13.9 Å². The van der Waals surface area contributed by atoms with Crippen molar-refractivity contribution in [3.8, 4) is 0 Å². The van der Waals surface area contributed by atoms with Crippen LogP contribution in [-0.4, -0.2) is 48.6 Å². The van der Waals surface area contributed by atoms with E-state index in [0.717, 1.165) is 24.0 Å². The molecule has 0 bridgehead atoms. The van der Waals surface area contributed by atoms with Crippen LogP contribution in [-0.2, 0) is 28.0 Å². The van der Waals surface area contributed by atoms with Gasteiger partial charge >= 0.3 is 0 Å². The zero-order valence-electron chi connectivity index (χ0n) is 17.8. The molecule has 2 aromatic carbocycles. The molecule has 0 saturated carbocycles. The molecule has 0 radical (unpaired) electrons. The zero-order chi connectivity index (χ0) is 21.6. The highest BCUT2D eigenvalue weighted by Gasteiger charge is 2.34. The van der Waals surface area contributed by atoms with E-state index in [0.29, 0.717) is 26.1 Å². The van der Waals surface area contributed by atoms with E-state index in [1.165, 1.54) is 14.2 Å². The van der Waals surface area contributed by atoms with E-state index in [1.54, 1.807) is 0 Å². The molecule has 1 aliphatic rings. The number of rotatable bonds is 8. The molecule has 1 atom stereocenters. The molecule has 0 aliphatic carbocycles. The lowest BCUT2D eigenvalue weighted by Crippen LogP contribution is -2.52. The molecule has 1 saturated heterocycles. The summed E-state index contributed by atoms with van der Waals surface area (Å²) in [6.07, 6.45) is 2.39. The Labute approximate surface area is 180 Å². The number of hydrogen-bond donors (Lipinski definition) is 1. The largest absolute Gasteiger partial charge is 0.352 e. The number of hydrogen-bond acceptors (Lipinski definition) is 3. The second-order valence-electron chi connectivity index (χ2n) is 8.01. The third-order valence-electron chi connectivity index (χ3n) is 5.35.